The third-order valence-electron chi connectivity index (χ3n) is 8.94. The second-order valence-electron chi connectivity index (χ2n) is 11.6. The van der Waals surface area contributed by atoms with Crippen molar-refractivity contribution < 1.29 is 33.4 Å². The Morgan fingerprint density at radius 2 is 1.78 bits per heavy atom. The lowest BCUT2D eigenvalue weighted by Crippen LogP contribution is -2.50. The maximum Gasteiger partial charge on any atom is 0.306 e. The lowest BCUT2D eigenvalue weighted by atomic mass is 9.72. The number of ketones is 2. The molecule has 0 bridgehead atoms. The Hall–Kier alpha value is -2.65. The molecule has 0 radical (unpaired) electrons. The molecule has 0 amide bonds. The molecule has 0 aromatic heterocycles. The van der Waals surface area contributed by atoms with E-state index in [-0.39, 0.29) is 42.0 Å². The summed E-state index contributed by atoms with van der Waals surface area (Å²) in [6.07, 6.45) is 7.59. The molecule has 0 saturated heterocycles. The zero-order valence-corrected chi connectivity index (χ0v) is 26.8. The van der Waals surface area contributed by atoms with Crippen molar-refractivity contribution >= 4 is 30.5 Å². The van der Waals surface area contributed by atoms with Gasteiger partial charge >= 0.3 is 5.97 Å². The predicted octanol–water partition coefficient (Wildman–Crippen LogP) is 5.32. The largest absolute Gasteiger partial charge is 0.459 e. The summed E-state index contributed by atoms with van der Waals surface area (Å²) in [7, 11) is 1.63. The first-order valence-electron chi connectivity index (χ1n) is 14.7. The van der Waals surface area contributed by atoms with Gasteiger partial charge in [0.15, 0.2) is 5.78 Å². The molecule has 9 nitrogen and oxygen atoms in total. The number of allylic oxidation sites excluding steroid dienone is 1. The molecule has 0 fully saturated rings. The van der Waals surface area contributed by atoms with E-state index < -0.39 is 29.2 Å². The molecule has 0 aromatic carbocycles. The Kier molecular flexibility index (Phi) is 14.3. The molecule has 8 atom stereocenters. The second-order valence-corrected chi connectivity index (χ2v) is 11.6. The molecule has 0 aliphatic carbocycles. The van der Waals surface area contributed by atoms with Crippen LogP contribution in [0.3, 0.4) is 0 Å². The van der Waals surface area contributed by atoms with Gasteiger partial charge in [0.25, 0.3) is 0 Å². The number of rotatable bonds is 6. The molecule has 2 heterocycles. The molecule has 2 rings (SSSR count). The number of carbonyl (C=O) groups is 4. The van der Waals surface area contributed by atoms with Crippen molar-refractivity contribution in [1.29, 1.82) is 0 Å². The summed E-state index contributed by atoms with van der Waals surface area (Å²) in [6.45, 7) is 19.8. The Bertz CT molecular complexity index is 993. The van der Waals surface area contributed by atoms with Crippen LogP contribution in [0.4, 0.5) is 0 Å². The Morgan fingerprint density at radius 3 is 2.29 bits per heavy atom. The minimum absolute atomic E-state index is 0.0101. The van der Waals surface area contributed by atoms with Gasteiger partial charge in [-0.3, -0.25) is 19.4 Å². The number of hydrogen-bond donors (Lipinski definition) is 0. The van der Waals surface area contributed by atoms with Crippen LogP contribution in [0.2, 0.25) is 0 Å². The maximum atomic E-state index is 13.7. The van der Waals surface area contributed by atoms with Crippen LogP contribution in [-0.2, 0) is 33.4 Å². The molecule has 0 aromatic rings. The van der Waals surface area contributed by atoms with Crippen molar-refractivity contribution in [2.24, 2.45) is 28.7 Å². The molecule has 0 N–H and O–H groups in total. The highest BCUT2D eigenvalue weighted by Crippen LogP contribution is 2.38. The van der Waals surface area contributed by atoms with E-state index in [1.807, 2.05) is 72.4 Å². The molecule has 9 heteroatoms. The maximum absolute atomic E-state index is 13.7. The van der Waals surface area contributed by atoms with Gasteiger partial charge in [0.05, 0.1) is 18.6 Å². The van der Waals surface area contributed by atoms with Crippen LogP contribution in [0, 0.1) is 23.7 Å². The van der Waals surface area contributed by atoms with Gasteiger partial charge < -0.3 is 23.9 Å². The van der Waals surface area contributed by atoms with Crippen LogP contribution >= 0.6 is 0 Å². The number of Topliss-reactive ketones (excluding diaryl/α,β-unsaturated/α-hetero) is 2. The van der Waals surface area contributed by atoms with Gasteiger partial charge in [-0.1, -0.05) is 41.5 Å². The van der Waals surface area contributed by atoms with Gasteiger partial charge in [-0.05, 0) is 57.6 Å². The first-order valence-corrected chi connectivity index (χ1v) is 14.7. The molecule has 0 spiro atoms. The molecule has 2 aliphatic heterocycles. The van der Waals surface area contributed by atoms with E-state index in [2.05, 4.69) is 4.99 Å². The normalized spacial score (nSPS) is 35.8. The number of hydrogen-bond acceptors (Lipinski definition) is 9. The highest BCUT2D eigenvalue weighted by Gasteiger charge is 2.44. The number of esters is 1. The predicted molar refractivity (Wildman–Crippen MR) is 160 cm³/mol. The van der Waals surface area contributed by atoms with Crippen molar-refractivity contribution in [3.8, 4) is 0 Å². The van der Waals surface area contributed by atoms with Crippen molar-refractivity contribution in [1.82, 2.24) is 4.90 Å². The number of nitrogens with zero attached hydrogens (tertiary/aromatic N) is 2. The van der Waals surface area contributed by atoms with E-state index in [4.69, 9.17) is 19.0 Å². The summed E-state index contributed by atoms with van der Waals surface area (Å²) in [6, 6.07) is 0. The SMILES string of the molecule is C=O.CC[C@H]1OC(=O)C[C@H](C)C(=O)[C@H](C)[C@@H](C)[C@@](C)(OC)C[C@@H](C)C(=O)/C(C)=C/[C@]1(CC)OC(C)N1C=CN=CC1. The summed E-state index contributed by atoms with van der Waals surface area (Å²) >= 11 is 0. The monoisotopic (exact) mass is 576 g/mol. The number of ether oxygens (including phenoxy) is 3. The van der Waals surface area contributed by atoms with E-state index in [0.717, 1.165) is 0 Å². The summed E-state index contributed by atoms with van der Waals surface area (Å²) in [5, 5.41) is 0. The quantitative estimate of drug-likeness (QED) is 0.391. The van der Waals surface area contributed by atoms with Gasteiger partial charge in [0, 0.05) is 43.5 Å². The van der Waals surface area contributed by atoms with Crippen LogP contribution in [0.5, 0.6) is 0 Å². The average molecular weight is 577 g/mol. The third kappa shape index (κ3) is 8.92. The lowest BCUT2D eigenvalue weighted by molar-refractivity contribution is -0.187. The van der Waals surface area contributed by atoms with Crippen LogP contribution < -0.4 is 0 Å². The lowest BCUT2D eigenvalue weighted by Gasteiger charge is -2.42. The zero-order chi connectivity index (χ0) is 31.5. The van der Waals surface area contributed by atoms with Crippen LogP contribution in [0.1, 0.15) is 88.0 Å². The summed E-state index contributed by atoms with van der Waals surface area (Å²) in [5.74, 6) is -1.86. The van der Waals surface area contributed by atoms with E-state index >= 15 is 0 Å². The number of aliphatic imine (C=N–C) groups is 1. The van der Waals surface area contributed by atoms with Crippen molar-refractivity contribution in [3.05, 3.63) is 24.0 Å². The van der Waals surface area contributed by atoms with Gasteiger partial charge in [-0.15, -0.1) is 0 Å². The van der Waals surface area contributed by atoms with Crippen molar-refractivity contribution in [2.75, 3.05) is 13.7 Å². The molecular weight excluding hydrogens is 524 g/mol. The molecular formula is C32H52N2O7. The van der Waals surface area contributed by atoms with Gasteiger partial charge in [-0.2, -0.15) is 0 Å². The van der Waals surface area contributed by atoms with Gasteiger partial charge in [-0.25, -0.2) is 0 Å². The Labute approximate surface area is 246 Å². The van der Waals surface area contributed by atoms with E-state index in [0.29, 0.717) is 31.4 Å². The van der Waals surface area contributed by atoms with Gasteiger partial charge in [0.1, 0.15) is 30.5 Å². The Balaban J connectivity index is 0.00000411. The number of methoxy groups -OCH3 is 1. The molecule has 2 aliphatic rings. The summed E-state index contributed by atoms with van der Waals surface area (Å²) in [5.41, 5.74) is -1.20. The van der Waals surface area contributed by atoms with Gasteiger partial charge in [0.2, 0.25) is 0 Å². The highest BCUT2D eigenvalue weighted by molar-refractivity contribution is 5.96. The van der Waals surface area contributed by atoms with E-state index in [9.17, 15) is 14.4 Å². The third-order valence-corrected chi connectivity index (χ3v) is 8.94. The molecule has 1 unspecified atom stereocenters. The smallest absolute Gasteiger partial charge is 0.306 e. The second kappa shape index (κ2) is 16.1. The highest BCUT2D eigenvalue weighted by atomic mass is 16.6. The fourth-order valence-corrected chi connectivity index (χ4v) is 5.95. The standard InChI is InChI=1S/C31H50N2O6.CH2O/c1-11-26-31(12-2,39-25(8)33-15-13-32-14-16-33)19-22(5)28(35)21(4)18-30(9,37-10)24(7)23(6)29(36)20(3)17-27(34)38-26;1-2/h13-15,19-21,23-26H,11-12,16-18H2,1-10H3;1H2/b22-19+;/t20-,21+,23+,24+,25?,26+,30-,31-;/m0./s1. The van der Waals surface area contributed by atoms with E-state index in [1.54, 1.807) is 33.4 Å². The Morgan fingerprint density at radius 1 is 1.15 bits per heavy atom. The first-order chi connectivity index (χ1) is 19.2. The van der Waals surface area contributed by atoms with E-state index in [1.165, 1.54) is 0 Å². The van der Waals surface area contributed by atoms with Crippen molar-refractivity contribution in [3.63, 3.8) is 0 Å². The first kappa shape index (κ1) is 36.4. The van der Waals surface area contributed by atoms with Crippen LogP contribution in [0.15, 0.2) is 29.0 Å². The van der Waals surface area contributed by atoms with Crippen LogP contribution in [-0.4, -0.2) is 72.6 Å². The molecule has 41 heavy (non-hydrogen) atoms. The summed E-state index contributed by atoms with van der Waals surface area (Å²) in [4.78, 5) is 54.5. The zero-order valence-electron chi connectivity index (χ0n) is 26.8. The minimum atomic E-state index is -1.05. The average Bonchev–Trinajstić information content (AvgIpc) is 2.98. The fraction of sp³-hybridized carbons (Fsp3) is 0.719. The topological polar surface area (TPSA) is 112 Å². The van der Waals surface area contributed by atoms with Crippen LogP contribution in [0.25, 0.3) is 0 Å². The molecule has 0 saturated carbocycles. The molecule has 232 valence electrons. The van der Waals surface area contributed by atoms with Crippen molar-refractivity contribution in [2.45, 2.75) is 112 Å². The number of carbonyl (C=O) groups excluding carboxylic acids is 4. The fourth-order valence-electron chi connectivity index (χ4n) is 5.95. The minimum Gasteiger partial charge on any atom is -0.459 e. The number of cyclic esters (lactones) is 1. The summed E-state index contributed by atoms with van der Waals surface area (Å²) < 4.78 is 18.7.